The van der Waals surface area contributed by atoms with Gasteiger partial charge in [-0.1, -0.05) is 30.3 Å². The van der Waals surface area contributed by atoms with Crippen LogP contribution in [0.3, 0.4) is 0 Å². The Morgan fingerprint density at radius 1 is 1.13 bits per heavy atom. The molecule has 8 heteroatoms. The van der Waals surface area contributed by atoms with E-state index in [2.05, 4.69) is 15.6 Å². The Morgan fingerprint density at radius 3 is 2.27 bits per heavy atom. The van der Waals surface area contributed by atoms with E-state index < -0.39 is 30.8 Å². The SMILES string of the molecule is CNC(C)c1ccc(-c2ccc(C(CCF)OC(C)(C)NC(=O)C(F)F)cc2)cn1. The molecule has 164 valence electrons. The van der Waals surface area contributed by atoms with E-state index in [0.717, 1.165) is 16.8 Å². The number of pyridine rings is 1. The maximum Gasteiger partial charge on any atom is 0.315 e. The first-order chi connectivity index (χ1) is 14.2. The summed E-state index contributed by atoms with van der Waals surface area (Å²) in [6.07, 6.45) is -2.03. The molecule has 0 fully saturated rings. The number of nitrogens with zero attached hydrogens (tertiary/aromatic N) is 1. The van der Waals surface area contributed by atoms with Crippen LogP contribution in [-0.4, -0.2) is 36.8 Å². The molecular weight excluding hydrogens is 395 g/mol. The van der Waals surface area contributed by atoms with E-state index in [1.807, 2.05) is 38.2 Å². The summed E-state index contributed by atoms with van der Waals surface area (Å²) >= 11 is 0. The molecule has 2 rings (SSSR count). The Bertz CT molecular complexity index is 811. The number of amides is 1. The molecule has 2 aromatic rings. The van der Waals surface area contributed by atoms with Crippen LogP contribution >= 0.6 is 0 Å². The van der Waals surface area contributed by atoms with Gasteiger partial charge in [-0.05, 0) is 45.0 Å². The van der Waals surface area contributed by atoms with Gasteiger partial charge in [-0.25, -0.2) is 0 Å². The monoisotopic (exact) mass is 423 g/mol. The molecule has 2 N–H and O–H groups in total. The number of alkyl halides is 3. The third-order valence-electron chi connectivity index (χ3n) is 4.71. The number of halogens is 3. The lowest BCUT2D eigenvalue weighted by Crippen LogP contribution is -2.48. The van der Waals surface area contributed by atoms with Crippen LogP contribution in [0.5, 0.6) is 0 Å². The minimum absolute atomic E-state index is 0.0332. The lowest BCUT2D eigenvalue weighted by atomic mass is 10.0. The molecule has 2 unspecified atom stereocenters. The standard InChI is InChI=1S/C22H28F3N3O2/c1-14(26-4)18-10-9-17(13-27-18)15-5-7-16(8-6-15)19(11-12-23)30-22(2,3)28-21(29)20(24)25/h5-10,13-14,19-20,26H,11-12H2,1-4H3,(H,28,29). The third-order valence-corrected chi connectivity index (χ3v) is 4.71. The van der Waals surface area contributed by atoms with Crippen molar-refractivity contribution in [1.82, 2.24) is 15.6 Å². The van der Waals surface area contributed by atoms with Gasteiger partial charge in [0.2, 0.25) is 0 Å². The highest BCUT2D eigenvalue weighted by Gasteiger charge is 2.29. The third kappa shape index (κ3) is 6.53. The van der Waals surface area contributed by atoms with Gasteiger partial charge in [0.1, 0.15) is 5.72 Å². The molecule has 30 heavy (non-hydrogen) atoms. The van der Waals surface area contributed by atoms with Gasteiger partial charge in [-0.3, -0.25) is 14.2 Å². The Labute approximate surface area is 175 Å². The van der Waals surface area contributed by atoms with Crippen LogP contribution in [0.25, 0.3) is 11.1 Å². The Hall–Kier alpha value is -2.45. The zero-order valence-corrected chi connectivity index (χ0v) is 17.6. The summed E-state index contributed by atoms with van der Waals surface area (Å²) in [5.74, 6) is -1.43. The Balaban J connectivity index is 2.15. The van der Waals surface area contributed by atoms with E-state index in [4.69, 9.17) is 4.74 Å². The molecule has 0 aliphatic carbocycles. The summed E-state index contributed by atoms with van der Waals surface area (Å²) in [4.78, 5) is 15.8. The molecule has 5 nitrogen and oxygen atoms in total. The van der Waals surface area contributed by atoms with Gasteiger partial charge >= 0.3 is 6.43 Å². The van der Waals surface area contributed by atoms with Gasteiger partial charge in [0.25, 0.3) is 5.91 Å². The number of rotatable bonds is 10. The predicted octanol–water partition coefficient (Wildman–Crippen LogP) is 4.56. The van der Waals surface area contributed by atoms with Crippen molar-refractivity contribution in [2.75, 3.05) is 13.7 Å². The van der Waals surface area contributed by atoms with E-state index in [0.29, 0.717) is 5.56 Å². The number of nitrogens with one attached hydrogen (secondary N) is 2. The van der Waals surface area contributed by atoms with Crippen molar-refractivity contribution in [1.29, 1.82) is 0 Å². The molecule has 0 aliphatic heterocycles. The van der Waals surface area contributed by atoms with Crippen LogP contribution in [0.2, 0.25) is 0 Å². The van der Waals surface area contributed by atoms with Crippen molar-refractivity contribution in [3.63, 3.8) is 0 Å². The zero-order valence-electron chi connectivity index (χ0n) is 17.6. The molecule has 0 saturated carbocycles. The van der Waals surface area contributed by atoms with Crippen LogP contribution in [0.4, 0.5) is 13.2 Å². The van der Waals surface area contributed by atoms with Gasteiger partial charge in [-0.15, -0.1) is 0 Å². The van der Waals surface area contributed by atoms with Gasteiger partial charge in [0.15, 0.2) is 0 Å². The van der Waals surface area contributed by atoms with E-state index >= 15 is 0 Å². The van der Waals surface area contributed by atoms with E-state index in [-0.39, 0.29) is 12.5 Å². The molecule has 0 aliphatic rings. The van der Waals surface area contributed by atoms with Gasteiger partial charge in [-0.2, -0.15) is 8.78 Å². The zero-order chi connectivity index (χ0) is 22.3. The minimum atomic E-state index is -3.15. The summed E-state index contributed by atoms with van der Waals surface area (Å²) in [6, 6.07) is 11.4. The highest BCUT2D eigenvalue weighted by Crippen LogP contribution is 2.29. The van der Waals surface area contributed by atoms with Gasteiger partial charge in [0.05, 0.1) is 18.5 Å². The average molecular weight is 423 g/mol. The maximum absolute atomic E-state index is 13.1. The smallest absolute Gasteiger partial charge is 0.315 e. The lowest BCUT2D eigenvalue weighted by Gasteiger charge is -2.31. The Morgan fingerprint density at radius 2 is 1.77 bits per heavy atom. The van der Waals surface area contributed by atoms with Crippen molar-refractivity contribution in [3.05, 3.63) is 53.9 Å². The molecule has 0 radical (unpaired) electrons. The van der Waals surface area contributed by atoms with Crippen LogP contribution in [0.1, 0.15) is 50.6 Å². The highest BCUT2D eigenvalue weighted by molar-refractivity contribution is 5.79. The fourth-order valence-electron chi connectivity index (χ4n) is 3.00. The van der Waals surface area contributed by atoms with E-state index in [1.54, 1.807) is 18.3 Å². The highest BCUT2D eigenvalue weighted by atomic mass is 19.3. The number of hydrogen-bond donors (Lipinski definition) is 2. The summed E-state index contributed by atoms with van der Waals surface area (Å²) in [7, 11) is 1.87. The predicted molar refractivity (Wildman–Crippen MR) is 110 cm³/mol. The van der Waals surface area contributed by atoms with Gasteiger partial charge in [0, 0.05) is 24.2 Å². The normalized spacial score (nSPS) is 13.9. The maximum atomic E-state index is 13.1. The van der Waals surface area contributed by atoms with E-state index in [9.17, 15) is 18.0 Å². The molecule has 0 bridgehead atoms. The summed E-state index contributed by atoms with van der Waals surface area (Å²) < 4.78 is 43.9. The number of hydrogen-bond acceptors (Lipinski definition) is 4. The van der Waals surface area contributed by atoms with Gasteiger partial charge < -0.3 is 15.4 Å². The first-order valence-electron chi connectivity index (χ1n) is 9.74. The fourth-order valence-corrected chi connectivity index (χ4v) is 3.00. The number of ether oxygens (including phenoxy) is 1. The molecule has 0 spiro atoms. The summed E-state index contributed by atoms with van der Waals surface area (Å²) in [5.41, 5.74) is 2.10. The molecule has 0 saturated heterocycles. The second kappa shape index (κ2) is 10.5. The molecule has 1 aromatic heterocycles. The second-order valence-corrected chi connectivity index (χ2v) is 7.49. The number of benzene rings is 1. The fraction of sp³-hybridized carbons (Fsp3) is 0.455. The number of carbonyl (C=O) groups excluding carboxylic acids is 1. The molecule has 1 heterocycles. The topological polar surface area (TPSA) is 63.2 Å². The van der Waals surface area contributed by atoms with Crippen LogP contribution < -0.4 is 10.6 Å². The van der Waals surface area contributed by atoms with Crippen LogP contribution in [-0.2, 0) is 9.53 Å². The summed E-state index contributed by atoms with van der Waals surface area (Å²) in [5, 5.41) is 5.26. The molecule has 2 atom stereocenters. The second-order valence-electron chi connectivity index (χ2n) is 7.49. The van der Waals surface area contributed by atoms with E-state index in [1.165, 1.54) is 13.8 Å². The van der Waals surface area contributed by atoms with Crippen molar-refractivity contribution in [2.45, 2.75) is 51.5 Å². The lowest BCUT2D eigenvalue weighted by molar-refractivity contribution is -0.148. The molecular formula is C22H28F3N3O2. The average Bonchev–Trinajstić information content (AvgIpc) is 2.72. The quantitative estimate of drug-likeness (QED) is 0.550. The molecule has 1 aromatic carbocycles. The van der Waals surface area contributed by atoms with Crippen molar-refractivity contribution in [2.24, 2.45) is 0 Å². The first-order valence-corrected chi connectivity index (χ1v) is 9.74. The number of carbonyl (C=O) groups is 1. The van der Waals surface area contributed by atoms with Crippen LogP contribution in [0, 0.1) is 0 Å². The Kier molecular flexibility index (Phi) is 8.37. The molecule has 1 amide bonds. The van der Waals surface area contributed by atoms with Crippen LogP contribution in [0.15, 0.2) is 42.6 Å². The number of aromatic nitrogens is 1. The minimum Gasteiger partial charge on any atom is -0.348 e. The largest absolute Gasteiger partial charge is 0.348 e. The van der Waals surface area contributed by atoms with Crippen molar-refractivity contribution < 1.29 is 22.7 Å². The van der Waals surface area contributed by atoms with Crippen molar-refractivity contribution in [3.8, 4) is 11.1 Å². The first kappa shape index (κ1) is 23.8. The van der Waals surface area contributed by atoms with Crippen molar-refractivity contribution >= 4 is 5.91 Å². The summed E-state index contributed by atoms with van der Waals surface area (Å²) in [6.45, 7) is 4.27.